The summed E-state index contributed by atoms with van der Waals surface area (Å²) in [5, 5.41) is 17.4. The van der Waals surface area contributed by atoms with Crippen LogP contribution in [0.25, 0.3) is 0 Å². The van der Waals surface area contributed by atoms with Crippen molar-refractivity contribution in [2.75, 3.05) is 18.4 Å². The summed E-state index contributed by atoms with van der Waals surface area (Å²) < 4.78 is 5.79. The van der Waals surface area contributed by atoms with E-state index in [9.17, 15) is 14.9 Å². The molecule has 1 aliphatic heterocycles. The van der Waals surface area contributed by atoms with Crippen molar-refractivity contribution in [1.82, 2.24) is 10.2 Å². The molecule has 2 aromatic rings. The maximum atomic E-state index is 12.6. The molecule has 0 spiro atoms. The third kappa shape index (κ3) is 5.83. The minimum atomic E-state index is -0.448. The molecule has 2 atom stereocenters. The van der Waals surface area contributed by atoms with Crippen LogP contribution in [0.2, 0.25) is 0 Å². The Labute approximate surface area is 188 Å². The highest BCUT2D eigenvalue weighted by molar-refractivity contribution is 5.95. The number of carbonyl (C=O) groups excluding carboxylic acids is 1. The summed E-state index contributed by atoms with van der Waals surface area (Å²) in [6.07, 6.45) is 2.51. The number of nitro groups is 1. The number of anilines is 1. The molecule has 8 heteroatoms. The molecule has 32 heavy (non-hydrogen) atoms. The number of rotatable bonds is 8. The topological polar surface area (TPSA) is 96.7 Å². The summed E-state index contributed by atoms with van der Waals surface area (Å²) in [5.41, 5.74) is 2.88. The zero-order valence-electron chi connectivity index (χ0n) is 18.5. The lowest BCUT2D eigenvalue weighted by molar-refractivity contribution is -0.384. The fourth-order valence-corrected chi connectivity index (χ4v) is 4.11. The van der Waals surface area contributed by atoms with Crippen molar-refractivity contribution in [1.29, 1.82) is 0 Å². The molecule has 2 aromatic carbocycles. The van der Waals surface area contributed by atoms with E-state index in [0.717, 1.165) is 38.0 Å². The largest absolute Gasteiger partial charge is 0.377 e. The van der Waals surface area contributed by atoms with Crippen LogP contribution in [0, 0.1) is 10.1 Å². The van der Waals surface area contributed by atoms with E-state index in [1.165, 1.54) is 11.6 Å². The molecular weight excluding hydrogens is 408 g/mol. The second kappa shape index (κ2) is 9.67. The molecule has 2 unspecified atom stereocenters. The predicted octanol–water partition coefficient (Wildman–Crippen LogP) is 3.71. The van der Waals surface area contributed by atoms with Gasteiger partial charge in [0.05, 0.1) is 17.1 Å². The van der Waals surface area contributed by atoms with Crippen molar-refractivity contribution in [3.63, 3.8) is 0 Å². The molecule has 2 fully saturated rings. The van der Waals surface area contributed by atoms with E-state index in [1.54, 1.807) is 12.1 Å². The van der Waals surface area contributed by atoms with Gasteiger partial charge in [0, 0.05) is 43.9 Å². The molecule has 0 radical (unpaired) electrons. The number of nitrogens with zero attached hydrogens (tertiary/aromatic N) is 2. The number of benzene rings is 2. The number of hydrogen-bond donors (Lipinski definition) is 2. The SMILES string of the molecule is CC1CN(Cc2ccc(CNC(=O)c3ccc(NC4CC4)c([N+](=O)[O-])c3)cc2)CC(C)O1. The Bertz CT molecular complexity index is 964. The van der Waals surface area contributed by atoms with Crippen LogP contribution in [0.3, 0.4) is 0 Å². The molecule has 170 valence electrons. The molecule has 1 heterocycles. The fraction of sp³-hybridized carbons (Fsp3) is 0.458. The van der Waals surface area contributed by atoms with Gasteiger partial charge in [0.15, 0.2) is 0 Å². The summed E-state index contributed by atoms with van der Waals surface area (Å²) in [6, 6.07) is 13.1. The Morgan fingerprint density at radius 3 is 2.38 bits per heavy atom. The van der Waals surface area contributed by atoms with Gasteiger partial charge < -0.3 is 15.4 Å². The first-order valence-electron chi connectivity index (χ1n) is 11.2. The maximum Gasteiger partial charge on any atom is 0.293 e. The van der Waals surface area contributed by atoms with Crippen LogP contribution >= 0.6 is 0 Å². The first-order valence-corrected chi connectivity index (χ1v) is 11.2. The van der Waals surface area contributed by atoms with E-state index in [1.807, 2.05) is 12.1 Å². The number of carbonyl (C=O) groups is 1. The molecule has 0 aromatic heterocycles. The minimum Gasteiger partial charge on any atom is -0.377 e. The van der Waals surface area contributed by atoms with E-state index in [4.69, 9.17) is 4.74 Å². The van der Waals surface area contributed by atoms with Crippen molar-refractivity contribution in [3.8, 4) is 0 Å². The van der Waals surface area contributed by atoms with E-state index in [0.29, 0.717) is 18.3 Å². The Kier molecular flexibility index (Phi) is 6.72. The van der Waals surface area contributed by atoms with Gasteiger partial charge in [-0.1, -0.05) is 24.3 Å². The van der Waals surface area contributed by atoms with Gasteiger partial charge in [-0.3, -0.25) is 19.8 Å². The third-order valence-electron chi connectivity index (χ3n) is 5.77. The number of ether oxygens (including phenoxy) is 1. The second-order valence-electron chi connectivity index (χ2n) is 8.86. The predicted molar refractivity (Wildman–Crippen MR) is 123 cm³/mol. The van der Waals surface area contributed by atoms with Crippen molar-refractivity contribution < 1.29 is 14.5 Å². The van der Waals surface area contributed by atoms with E-state index >= 15 is 0 Å². The summed E-state index contributed by atoms with van der Waals surface area (Å²) in [7, 11) is 0. The van der Waals surface area contributed by atoms with E-state index < -0.39 is 4.92 Å². The van der Waals surface area contributed by atoms with E-state index in [-0.39, 0.29) is 29.4 Å². The van der Waals surface area contributed by atoms with Gasteiger partial charge in [-0.2, -0.15) is 0 Å². The van der Waals surface area contributed by atoms with Crippen LogP contribution in [0.15, 0.2) is 42.5 Å². The first-order chi connectivity index (χ1) is 15.4. The summed E-state index contributed by atoms with van der Waals surface area (Å²) in [5.74, 6) is -0.327. The zero-order valence-corrected chi connectivity index (χ0v) is 18.5. The van der Waals surface area contributed by atoms with Crippen molar-refractivity contribution in [2.24, 2.45) is 0 Å². The zero-order chi connectivity index (χ0) is 22.7. The van der Waals surface area contributed by atoms with Gasteiger partial charge >= 0.3 is 0 Å². The van der Waals surface area contributed by atoms with Crippen molar-refractivity contribution >= 4 is 17.3 Å². The van der Waals surface area contributed by atoms with Crippen LogP contribution in [-0.4, -0.2) is 47.1 Å². The summed E-state index contributed by atoms with van der Waals surface area (Å²) in [6.45, 7) is 7.27. The number of amides is 1. The number of nitrogens with one attached hydrogen (secondary N) is 2. The molecular formula is C24H30N4O4. The van der Waals surface area contributed by atoms with Crippen LogP contribution in [-0.2, 0) is 17.8 Å². The average molecular weight is 439 g/mol. The van der Waals surface area contributed by atoms with Crippen LogP contribution in [0.1, 0.15) is 48.2 Å². The minimum absolute atomic E-state index is 0.0688. The van der Waals surface area contributed by atoms with Crippen molar-refractivity contribution in [2.45, 2.75) is 58.0 Å². The Hall–Kier alpha value is -2.97. The molecule has 2 aliphatic rings. The number of morpholine rings is 1. The quantitative estimate of drug-likeness (QED) is 0.482. The van der Waals surface area contributed by atoms with Crippen LogP contribution in [0.5, 0.6) is 0 Å². The summed E-state index contributed by atoms with van der Waals surface area (Å²) >= 11 is 0. The highest BCUT2D eigenvalue weighted by Gasteiger charge is 2.25. The molecule has 1 amide bonds. The first kappa shape index (κ1) is 22.2. The number of nitro benzene ring substituents is 1. The smallest absolute Gasteiger partial charge is 0.293 e. The highest BCUT2D eigenvalue weighted by Crippen LogP contribution is 2.31. The van der Waals surface area contributed by atoms with Gasteiger partial charge in [-0.05, 0) is 49.9 Å². The lowest BCUT2D eigenvalue weighted by atomic mass is 10.1. The van der Waals surface area contributed by atoms with Gasteiger partial charge in [0.2, 0.25) is 0 Å². The molecule has 2 N–H and O–H groups in total. The van der Waals surface area contributed by atoms with Crippen LogP contribution < -0.4 is 10.6 Å². The van der Waals surface area contributed by atoms with Gasteiger partial charge in [0.25, 0.3) is 11.6 Å². The lowest BCUT2D eigenvalue weighted by Crippen LogP contribution is -2.44. The van der Waals surface area contributed by atoms with Gasteiger partial charge in [-0.15, -0.1) is 0 Å². The standard InChI is InChI=1S/C24H30N4O4/c1-16-13-27(14-17(2)32-16)15-19-5-3-18(4-6-19)12-25-24(29)20-7-10-22(26-21-8-9-21)23(11-20)28(30)31/h3-7,10-11,16-17,21,26H,8-9,12-15H2,1-2H3,(H,25,29). The molecule has 1 saturated carbocycles. The highest BCUT2D eigenvalue weighted by atomic mass is 16.6. The van der Waals surface area contributed by atoms with E-state index in [2.05, 4.69) is 41.5 Å². The molecule has 4 rings (SSSR count). The Morgan fingerprint density at radius 1 is 1.09 bits per heavy atom. The Morgan fingerprint density at radius 2 is 1.75 bits per heavy atom. The summed E-state index contributed by atoms with van der Waals surface area (Å²) in [4.78, 5) is 25.9. The fourth-order valence-electron chi connectivity index (χ4n) is 4.11. The lowest BCUT2D eigenvalue weighted by Gasteiger charge is -2.35. The monoisotopic (exact) mass is 438 g/mol. The molecule has 1 aliphatic carbocycles. The van der Waals surface area contributed by atoms with Gasteiger partial charge in [0.1, 0.15) is 5.69 Å². The third-order valence-corrected chi connectivity index (χ3v) is 5.77. The average Bonchev–Trinajstić information content (AvgIpc) is 3.56. The van der Waals surface area contributed by atoms with Crippen molar-refractivity contribution in [3.05, 3.63) is 69.3 Å². The second-order valence-corrected chi connectivity index (χ2v) is 8.86. The Balaban J connectivity index is 1.32. The molecule has 0 bridgehead atoms. The maximum absolute atomic E-state index is 12.6. The molecule has 8 nitrogen and oxygen atoms in total. The van der Waals surface area contributed by atoms with Crippen LogP contribution in [0.4, 0.5) is 11.4 Å². The normalized spacial score (nSPS) is 21.2. The van der Waals surface area contributed by atoms with Gasteiger partial charge in [-0.25, -0.2) is 0 Å². The number of hydrogen-bond acceptors (Lipinski definition) is 6. The molecule has 1 saturated heterocycles.